The molecule has 0 atom stereocenters. The first-order chi connectivity index (χ1) is 11.2. The highest BCUT2D eigenvalue weighted by Gasteiger charge is 2.25. The number of carbonyl (C=O) groups is 1. The van der Waals surface area contributed by atoms with Crippen LogP contribution in [0.25, 0.3) is 11.1 Å². The van der Waals surface area contributed by atoms with E-state index in [0.29, 0.717) is 6.42 Å². The summed E-state index contributed by atoms with van der Waals surface area (Å²) in [6, 6.07) is 12.2. The summed E-state index contributed by atoms with van der Waals surface area (Å²) in [4.78, 5) is 12.8. The summed E-state index contributed by atoms with van der Waals surface area (Å²) < 4.78 is 7.36. The van der Waals surface area contributed by atoms with E-state index in [1.54, 1.807) is 4.57 Å². The normalized spacial score (nSPS) is 11.6. The number of benzene rings is 1. The van der Waals surface area contributed by atoms with Gasteiger partial charge in [0.15, 0.2) is 0 Å². The lowest BCUT2D eigenvalue weighted by atomic mass is 10.0. The zero-order valence-corrected chi connectivity index (χ0v) is 15.3. The Kier molecular flexibility index (Phi) is 5.33. The van der Waals surface area contributed by atoms with Crippen LogP contribution in [-0.4, -0.2) is 16.3 Å². The molecule has 0 aliphatic carbocycles. The zero-order valence-electron chi connectivity index (χ0n) is 15.3. The molecule has 3 heteroatoms. The number of aromatic nitrogens is 1. The maximum absolute atomic E-state index is 12.8. The molecule has 0 N–H and O–H groups in total. The first-order valence-corrected chi connectivity index (χ1v) is 8.38. The molecular weight excluding hydrogens is 298 g/mol. The molecule has 1 heterocycles. The zero-order chi connectivity index (χ0) is 17.9. The van der Waals surface area contributed by atoms with Crippen LogP contribution >= 0.6 is 0 Å². The monoisotopic (exact) mass is 325 g/mol. The van der Waals surface area contributed by atoms with Crippen molar-refractivity contribution in [2.24, 2.45) is 0 Å². The van der Waals surface area contributed by atoms with Crippen molar-refractivity contribution < 1.29 is 9.53 Å². The van der Waals surface area contributed by atoms with Gasteiger partial charge in [-0.3, -0.25) is 4.57 Å². The van der Waals surface area contributed by atoms with Gasteiger partial charge in [0.25, 0.3) is 0 Å². The fourth-order valence-electron chi connectivity index (χ4n) is 2.73. The van der Waals surface area contributed by atoms with Gasteiger partial charge in [0.1, 0.15) is 5.60 Å². The van der Waals surface area contributed by atoms with Gasteiger partial charge >= 0.3 is 6.09 Å². The molecule has 0 unspecified atom stereocenters. The summed E-state index contributed by atoms with van der Waals surface area (Å²) in [5.74, 6) is 0.207. The van der Waals surface area contributed by atoms with Crippen LogP contribution in [0, 0.1) is 0 Å². The first-order valence-electron chi connectivity index (χ1n) is 8.38. The molecule has 0 saturated carbocycles. The van der Waals surface area contributed by atoms with Crippen molar-refractivity contribution in [2.45, 2.75) is 52.6 Å². The minimum atomic E-state index is -0.534. The van der Waals surface area contributed by atoms with Gasteiger partial charge in [0, 0.05) is 23.4 Å². The Balaban J connectivity index is 2.65. The summed E-state index contributed by atoms with van der Waals surface area (Å²) in [6.45, 7) is 13.7. The minimum Gasteiger partial charge on any atom is -0.443 e. The van der Waals surface area contributed by atoms with Gasteiger partial charge in [-0.15, -0.1) is 6.58 Å². The first kappa shape index (κ1) is 18.1. The summed E-state index contributed by atoms with van der Waals surface area (Å²) >= 11 is 0. The lowest BCUT2D eigenvalue weighted by Gasteiger charge is -2.22. The number of ether oxygens (including phenoxy) is 1. The molecule has 0 saturated heterocycles. The molecule has 1 aromatic carbocycles. The van der Waals surface area contributed by atoms with Gasteiger partial charge in [0.05, 0.1) is 0 Å². The van der Waals surface area contributed by atoms with Crippen LogP contribution in [0.5, 0.6) is 0 Å². The van der Waals surface area contributed by atoms with Crippen molar-refractivity contribution in [3.63, 3.8) is 0 Å². The van der Waals surface area contributed by atoms with E-state index in [4.69, 9.17) is 4.74 Å². The summed E-state index contributed by atoms with van der Waals surface area (Å²) in [6.07, 6.45) is 2.10. The second kappa shape index (κ2) is 7.08. The third-order valence-corrected chi connectivity index (χ3v) is 3.72. The smallest absolute Gasteiger partial charge is 0.418 e. The van der Waals surface area contributed by atoms with Crippen molar-refractivity contribution in [2.75, 3.05) is 0 Å². The molecule has 0 aliphatic heterocycles. The third-order valence-electron chi connectivity index (χ3n) is 3.72. The highest BCUT2D eigenvalue weighted by Crippen LogP contribution is 2.32. The largest absolute Gasteiger partial charge is 0.443 e. The lowest BCUT2D eigenvalue weighted by molar-refractivity contribution is 0.0528. The summed E-state index contributed by atoms with van der Waals surface area (Å²) in [5, 5.41) is 0. The van der Waals surface area contributed by atoms with Crippen LogP contribution < -0.4 is 0 Å². The minimum absolute atomic E-state index is 0.207. The molecule has 0 fully saturated rings. The molecule has 0 aliphatic rings. The second-order valence-corrected chi connectivity index (χ2v) is 7.26. The Morgan fingerprint density at radius 3 is 2.38 bits per heavy atom. The number of hydrogen-bond donors (Lipinski definition) is 0. The average Bonchev–Trinajstić information content (AvgIpc) is 2.86. The van der Waals surface area contributed by atoms with Crippen molar-refractivity contribution in [3.8, 4) is 11.1 Å². The van der Waals surface area contributed by atoms with E-state index in [9.17, 15) is 4.79 Å². The van der Waals surface area contributed by atoms with Crippen LogP contribution in [0.15, 0.2) is 49.1 Å². The van der Waals surface area contributed by atoms with Gasteiger partial charge < -0.3 is 4.74 Å². The predicted molar refractivity (Wildman–Crippen MR) is 99.5 cm³/mol. The molecule has 2 aromatic rings. The van der Waals surface area contributed by atoms with E-state index in [0.717, 1.165) is 22.5 Å². The Morgan fingerprint density at radius 1 is 1.25 bits per heavy atom. The van der Waals surface area contributed by atoms with Crippen molar-refractivity contribution in [3.05, 3.63) is 60.4 Å². The molecule has 1 aromatic heterocycles. The molecule has 0 amide bonds. The van der Waals surface area contributed by atoms with Gasteiger partial charge in [-0.2, -0.15) is 0 Å². The van der Waals surface area contributed by atoms with Crippen LogP contribution in [-0.2, 0) is 11.2 Å². The third kappa shape index (κ3) is 3.97. The highest BCUT2D eigenvalue weighted by molar-refractivity contribution is 5.79. The number of rotatable bonds is 4. The van der Waals surface area contributed by atoms with Gasteiger partial charge in [-0.25, -0.2) is 4.79 Å². The molecule has 0 radical (unpaired) electrons. The van der Waals surface area contributed by atoms with Gasteiger partial charge in [-0.05, 0) is 38.3 Å². The fourth-order valence-corrected chi connectivity index (χ4v) is 2.73. The Bertz CT molecular complexity index is 718. The molecule has 2 rings (SSSR count). The number of allylic oxidation sites excluding steroid dienone is 1. The van der Waals surface area contributed by atoms with E-state index in [1.807, 2.05) is 45.0 Å². The van der Waals surface area contributed by atoms with Crippen LogP contribution in [0.4, 0.5) is 4.79 Å². The molecule has 0 bridgehead atoms. The Hall–Kier alpha value is -2.29. The van der Waals surface area contributed by atoms with Gasteiger partial charge in [-0.1, -0.05) is 50.3 Å². The number of hydrogen-bond acceptors (Lipinski definition) is 2. The maximum atomic E-state index is 12.8. The van der Waals surface area contributed by atoms with Crippen molar-refractivity contribution >= 4 is 6.09 Å². The molecule has 3 nitrogen and oxygen atoms in total. The fraction of sp³-hybridized carbons (Fsp3) is 0.381. The summed E-state index contributed by atoms with van der Waals surface area (Å²) in [5.41, 5.74) is 3.51. The Morgan fingerprint density at radius 2 is 1.88 bits per heavy atom. The van der Waals surface area contributed by atoms with Crippen LogP contribution in [0.2, 0.25) is 0 Å². The lowest BCUT2D eigenvalue weighted by Crippen LogP contribution is -2.29. The molecule has 0 spiro atoms. The van der Waals surface area contributed by atoms with E-state index < -0.39 is 5.60 Å². The number of nitrogens with zero attached hydrogens (tertiary/aromatic N) is 1. The predicted octanol–water partition coefficient (Wildman–Crippen LogP) is 5.79. The molecule has 24 heavy (non-hydrogen) atoms. The van der Waals surface area contributed by atoms with E-state index in [1.165, 1.54) is 0 Å². The highest BCUT2D eigenvalue weighted by atomic mass is 16.6. The van der Waals surface area contributed by atoms with Crippen LogP contribution in [0.3, 0.4) is 0 Å². The van der Waals surface area contributed by atoms with Gasteiger partial charge in [0.2, 0.25) is 0 Å². The number of carbonyl (C=O) groups excluding carboxylic acids is 1. The molecule has 128 valence electrons. The molecular formula is C21H27NO2. The van der Waals surface area contributed by atoms with E-state index >= 15 is 0 Å². The SMILES string of the molecule is C=CCc1c(-c2ccccc2)cc(C(C)C)n1C(=O)OC(C)(C)C. The average molecular weight is 325 g/mol. The Labute approximate surface area is 145 Å². The van der Waals surface area contributed by atoms with Crippen LogP contribution in [0.1, 0.15) is 51.9 Å². The van der Waals surface area contributed by atoms with E-state index in [-0.39, 0.29) is 12.0 Å². The quantitative estimate of drug-likeness (QED) is 0.666. The van der Waals surface area contributed by atoms with Crippen molar-refractivity contribution in [1.82, 2.24) is 4.57 Å². The summed E-state index contributed by atoms with van der Waals surface area (Å²) in [7, 11) is 0. The second-order valence-electron chi connectivity index (χ2n) is 7.26. The topological polar surface area (TPSA) is 31.2 Å². The standard InChI is InChI=1S/C21H27NO2/c1-7-11-18-17(16-12-9-8-10-13-16)14-19(15(2)3)22(18)20(23)24-21(4,5)6/h7-10,12-15H,1,11H2,2-6H3. The van der Waals surface area contributed by atoms with E-state index in [2.05, 4.69) is 38.6 Å². The van der Waals surface area contributed by atoms with Crippen molar-refractivity contribution in [1.29, 1.82) is 0 Å². The maximum Gasteiger partial charge on any atom is 0.418 e.